The van der Waals surface area contributed by atoms with Crippen molar-refractivity contribution < 1.29 is 14.3 Å². The highest BCUT2D eigenvalue weighted by Gasteiger charge is 2.45. The molecule has 4 aromatic carbocycles. The van der Waals surface area contributed by atoms with Gasteiger partial charge in [0.1, 0.15) is 11.6 Å². The van der Waals surface area contributed by atoms with Crippen molar-refractivity contribution in [3.63, 3.8) is 0 Å². The Balaban J connectivity index is 1.43. The van der Waals surface area contributed by atoms with Crippen LogP contribution in [0.5, 0.6) is 0 Å². The van der Waals surface area contributed by atoms with E-state index in [1.165, 1.54) is 22.3 Å². The number of thioether (sulfide) groups is 1. The van der Waals surface area contributed by atoms with E-state index in [2.05, 4.69) is 161 Å². The molecule has 0 aliphatic carbocycles. The number of nitrogens with zero attached hydrogens (tertiary/aromatic N) is 1. The summed E-state index contributed by atoms with van der Waals surface area (Å²) in [6, 6.07) is 39.6. The van der Waals surface area contributed by atoms with Gasteiger partial charge in [-0.2, -0.15) is 0 Å². The van der Waals surface area contributed by atoms with Crippen LogP contribution in [-0.2, 0) is 19.7 Å². The minimum Gasteiger partial charge on any atom is -0.444 e. The quantitative estimate of drug-likeness (QED) is 0.143. The number of anilines is 1. The zero-order valence-electron chi connectivity index (χ0n) is 32.2. The average molecular weight is 720 g/mol. The highest BCUT2D eigenvalue weighted by molar-refractivity contribution is 8.01. The second-order valence-electron chi connectivity index (χ2n) is 16.1. The number of hydrogen-bond donors (Lipinski definition) is 2. The Morgan fingerprint density at radius 1 is 0.769 bits per heavy atom. The molecule has 7 heteroatoms. The molecule has 1 heterocycles. The van der Waals surface area contributed by atoms with Gasteiger partial charge < -0.3 is 20.3 Å². The Labute approximate surface area is 316 Å². The molecule has 5 rings (SSSR count). The highest BCUT2D eigenvalue weighted by Crippen LogP contribution is 2.52. The van der Waals surface area contributed by atoms with Gasteiger partial charge in [-0.15, -0.1) is 11.8 Å². The fourth-order valence-corrected chi connectivity index (χ4v) is 8.82. The second-order valence-corrected chi connectivity index (χ2v) is 17.6. The molecule has 4 aromatic rings. The molecule has 0 saturated carbocycles. The van der Waals surface area contributed by atoms with Gasteiger partial charge in [-0.3, -0.25) is 4.79 Å². The molecule has 1 aliphatic rings. The molecular weight excluding hydrogens is 663 g/mol. The van der Waals surface area contributed by atoms with E-state index in [4.69, 9.17) is 4.74 Å². The van der Waals surface area contributed by atoms with Crippen molar-refractivity contribution in [3.8, 4) is 0 Å². The van der Waals surface area contributed by atoms with Gasteiger partial charge >= 0.3 is 6.09 Å². The lowest BCUT2D eigenvalue weighted by molar-refractivity contribution is -0.123. The van der Waals surface area contributed by atoms with Crippen molar-refractivity contribution in [2.45, 2.75) is 101 Å². The number of rotatable bonds is 12. The third-order valence-corrected chi connectivity index (χ3v) is 11.7. The fraction of sp³-hybridized carbons (Fsp3) is 0.422. The second kappa shape index (κ2) is 16.6. The molecule has 52 heavy (non-hydrogen) atoms. The van der Waals surface area contributed by atoms with Gasteiger partial charge in [0.05, 0.1) is 10.8 Å². The summed E-state index contributed by atoms with van der Waals surface area (Å²) < 4.78 is 5.43. The normalized spacial score (nSPS) is 17.7. The zero-order valence-corrected chi connectivity index (χ0v) is 33.0. The first kappa shape index (κ1) is 39.0. The lowest BCUT2D eigenvalue weighted by Gasteiger charge is -2.37. The summed E-state index contributed by atoms with van der Waals surface area (Å²) in [5.74, 6) is 0.0288. The molecule has 6 nitrogen and oxygen atoms in total. The van der Waals surface area contributed by atoms with Gasteiger partial charge in [-0.05, 0) is 72.9 Å². The van der Waals surface area contributed by atoms with Crippen molar-refractivity contribution >= 4 is 29.4 Å². The van der Waals surface area contributed by atoms with Crippen LogP contribution in [0.15, 0.2) is 115 Å². The van der Waals surface area contributed by atoms with Crippen LogP contribution in [0.25, 0.3) is 0 Å². The van der Waals surface area contributed by atoms with Crippen LogP contribution in [-0.4, -0.2) is 52.9 Å². The van der Waals surface area contributed by atoms with Gasteiger partial charge in [0.2, 0.25) is 5.91 Å². The van der Waals surface area contributed by atoms with Crippen molar-refractivity contribution in [2.24, 2.45) is 5.92 Å². The molecule has 4 atom stereocenters. The standard InChI is InChI=1S/C45H57N3O3S/c1-9-32(2)40(47-37-27-25-33(26-28-37)43(3,4)5)41(49)46-30-38-29-39(31-48(38)42(50)51-44(6,7)8)52-45(34-19-13-10-14-20-34,35-21-15-11-16-22-35)36-23-17-12-18-24-36/h10-28,32,38-40,47H,9,29-31H2,1-8H3,(H,46,49)/t32-,38?,39?,40-/m0/s1. The number of nitrogens with one attached hydrogen (secondary N) is 2. The summed E-state index contributed by atoms with van der Waals surface area (Å²) in [7, 11) is 0. The van der Waals surface area contributed by atoms with Gasteiger partial charge in [0.15, 0.2) is 0 Å². The first-order valence-electron chi connectivity index (χ1n) is 18.7. The van der Waals surface area contributed by atoms with Crippen molar-refractivity contribution in [2.75, 3.05) is 18.4 Å². The van der Waals surface area contributed by atoms with Gasteiger partial charge in [-0.1, -0.05) is 144 Å². The molecule has 1 aliphatic heterocycles. The Morgan fingerprint density at radius 2 is 1.27 bits per heavy atom. The van der Waals surface area contributed by atoms with Crippen LogP contribution in [0.2, 0.25) is 0 Å². The van der Waals surface area contributed by atoms with Crippen molar-refractivity contribution in [1.82, 2.24) is 10.2 Å². The van der Waals surface area contributed by atoms with E-state index in [1.54, 1.807) is 0 Å². The van der Waals surface area contributed by atoms with Crippen LogP contribution in [0.3, 0.4) is 0 Å². The molecule has 276 valence electrons. The SMILES string of the molecule is CC[C@H](C)[C@H](Nc1ccc(C(C)(C)C)cc1)C(=O)NCC1CC(SC(c2ccccc2)(c2ccccc2)c2ccccc2)CN1C(=O)OC(C)(C)C. The lowest BCUT2D eigenvalue weighted by atomic mass is 9.84. The molecule has 2 N–H and O–H groups in total. The predicted octanol–water partition coefficient (Wildman–Crippen LogP) is 10.0. The summed E-state index contributed by atoms with van der Waals surface area (Å²) >= 11 is 1.88. The molecule has 1 saturated heterocycles. The number of hydrogen-bond acceptors (Lipinski definition) is 5. The van der Waals surface area contributed by atoms with E-state index < -0.39 is 16.4 Å². The summed E-state index contributed by atoms with van der Waals surface area (Å²) in [5, 5.41) is 6.84. The maximum Gasteiger partial charge on any atom is 0.410 e. The molecule has 0 spiro atoms. The molecule has 2 amide bonds. The predicted molar refractivity (Wildman–Crippen MR) is 217 cm³/mol. The highest BCUT2D eigenvalue weighted by atomic mass is 32.2. The first-order valence-corrected chi connectivity index (χ1v) is 19.6. The molecular formula is C45H57N3O3S. The minimum absolute atomic E-state index is 0.0480. The number of ether oxygens (including phenoxy) is 1. The number of benzene rings is 4. The van der Waals surface area contributed by atoms with E-state index in [9.17, 15) is 9.59 Å². The van der Waals surface area contributed by atoms with E-state index >= 15 is 0 Å². The Kier molecular flexibility index (Phi) is 12.5. The maximum atomic E-state index is 14.0. The average Bonchev–Trinajstić information content (AvgIpc) is 3.54. The van der Waals surface area contributed by atoms with Crippen LogP contribution in [0, 0.1) is 5.92 Å². The largest absolute Gasteiger partial charge is 0.444 e. The van der Waals surface area contributed by atoms with E-state index in [-0.39, 0.29) is 34.6 Å². The third-order valence-electron chi connectivity index (χ3n) is 9.97. The van der Waals surface area contributed by atoms with Crippen molar-refractivity contribution in [1.29, 1.82) is 0 Å². The monoisotopic (exact) mass is 719 g/mol. The van der Waals surface area contributed by atoms with Crippen LogP contribution in [0.1, 0.15) is 90.5 Å². The molecule has 0 radical (unpaired) electrons. The third kappa shape index (κ3) is 9.40. The number of likely N-dealkylation sites (tertiary alicyclic amines) is 1. The molecule has 1 fully saturated rings. The van der Waals surface area contributed by atoms with Crippen LogP contribution in [0.4, 0.5) is 10.5 Å². The molecule has 0 bridgehead atoms. The molecule has 0 aromatic heterocycles. The number of carbonyl (C=O) groups excluding carboxylic acids is 2. The Morgan fingerprint density at radius 3 is 1.71 bits per heavy atom. The number of amides is 2. The Bertz CT molecular complexity index is 1640. The lowest BCUT2D eigenvalue weighted by Crippen LogP contribution is -2.49. The zero-order chi connectivity index (χ0) is 37.5. The topological polar surface area (TPSA) is 70.7 Å². The van der Waals surface area contributed by atoms with Gasteiger partial charge in [0, 0.05) is 24.0 Å². The summed E-state index contributed by atoms with van der Waals surface area (Å²) in [6.07, 6.45) is 1.20. The summed E-state index contributed by atoms with van der Waals surface area (Å²) in [6.45, 7) is 17.3. The number of carbonyl (C=O) groups is 2. The van der Waals surface area contributed by atoms with Crippen LogP contribution >= 0.6 is 11.8 Å². The van der Waals surface area contributed by atoms with Gasteiger partial charge in [-0.25, -0.2) is 4.79 Å². The minimum atomic E-state index is -0.647. The molecule has 2 unspecified atom stereocenters. The van der Waals surface area contributed by atoms with Crippen molar-refractivity contribution in [3.05, 3.63) is 138 Å². The van der Waals surface area contributed by atoms with Crippen LogP contribution < -0.4 is 10.6 Å². The smallest absolute Gasteiger partial charge is 0.410 e. The van der Waals surface area contributed by atoms with E-state index in [0.717, 1.165) is 12.1 Å². The van der Waals surface area contributed by atoms with E-state index in [0.29, 0.717) is 19.5 Å². The Hall–Kier alpha value is -4.23. The van der Waals surface area contributed by atoms with E-state index in [1.807, 2.05) is 37.4 Å². The first-order chi connectivity index (χ1) is 24.7. The summed E-state index contributed by atoms with van der Waals surface area (Å²) in [5.41, 5.74) is 5.09. The van der Waals surface area contributed by atoms with Gasteiger partial charge in [0.25, 0.3) is 0 Å². The summed E-state index contributed by atoms with van der Waals surface area (Å²) in [4.78, 5) is 29.7. The fourth-order valence-electron chi connectivity index (χ4n) is 6.95. The maximum absolute atomic E-state index is 14.0.